The third-order valence-electron chi connectivity index (χ3n) is 1.37. The molecule has 0 unspecified atom stereocenters. The predicted molar refractivity (Wildman–Crippen MR) is 48.9 cm³/mol. The van der Waals surface area contributed by atoms with Crippen molar-refractivity contribution in [1.82, 2.24) is 4.98 Å². The van der Waals surface area contributed by atoms with Crippen molar-refractivity contribution in [3.63, 3.8) is 0 Å². The van der Waals surface area contributed by atoms with Gasteiger partial charge in [-0.1, -0.05) is 18.2 Å². The Labute approximate surface area is 70.9 Å². The smallest absolute Gasteiger partial charge is 0.0870 e. The Kier molecular flexibility index (Phi) is 2.49. The van der Waals surface area contributed by atoms with E-state index in [0.717, 1.165) is 11.4 Å². The van der Waals surface area contributed by atoms with Crippen LogP contribution in [0.3, 0.4) is 0 Å². The molecule has 2 nitrogen and oxygen atoms in total. The van der Waals surface area contributed by atoms with E-state index >= 15 is 0 Å². The van der Waals surface area contributed by atoms with Gasteiger partial charge in [0.15, 0.2) is 0 Å². The molecule has 1 N–H and O–H groups in total. The molecule has 1 rings (SSSR count). The maximum atomic E-state index is 5.86. The minimum Gasteiger partial charge on any atom is -0.385 e. The number of rotatable bonds is 2. The van der Waals surface area contributed by atoms with Crippen molar-refractivity contribution < 1.29 is 0 Å². The number of halogens is 1. The summed E-state index contributed by atoms with van der Waals surface area (Å²) in [6, 6.07) is 1.74. The van der Waals surface area contributed by atoms with E-state index < -0.39 is 0 Å². The molecule has 0 saturated heterocycles. The van der Waals surface area contributed by atoms with Crippen molar-refractivity contribution in [2.24, 2.45) is 0 Å². The third kappa shape index (κ3) is 1.52. The van der Waals surface area contributed by atoms with Crippen LogP contribution in [0.5, 0.6) is 0 Å². The molecule has 0 aliphatic carbocycles. The molecule has 1 aromatic rings. The SMILES string of the molecule is C=Cc1nccc(Cl)c1NC. The molecule has 0 aliphatic heterocycles. The van der Waals surface area contributed by atoms with E-state index in [1.54, 1.807) is 25.4 Å². The van der Waals surface area contributed by atoms with Crippen molar-refractivity contribution in [2.75, 3.05) is 12.4 Å². The Morgan fingerprint density at radius 1 is 1.73 bits per heavy atom. The number of nitrogens with one attached hydrogen (secondary N) is 1. The van der Waals surface area contributed by atoms with Crippen LogP contribution >= 0.6 is 11.6 Å². The normalized spacial score (nSPS) is 9.27. The van der Waals surface area contributed by atoms with Gasteiger partial charge in [0.25, 0.3) is 0 Å². The van der Waals surface area contributed by atoms with Crippen LogP contribution in [0.4, 0.5) is 5.69 Å². The Hall–Kier alpha value is -1.02. The van der Waals surface area contributed by atoms with Gasteiger partial charge in [-0.25, -0.2) is 0 Å². The van der Waals surface area contributed by atoms with Crippen LogP contribution < -0.4 is 5.32 Å². The van der Waals surface area contributed by atoms with Gasteiger partial charge in [-0.2, -0.15) is 0 Å². The minimum absolute atomic E-state index is 0.664. The van der Waals surface area contributed by atoms with Gasteiger partial charge >= 0.3 is 0 Å². The van der Waals surface area contributed by atoms with E-state index in [2.05, 4.69) is 16.9 Å². The fraction of sp³-hybridized carbons (Fsp3) is 0.125. The number of pyridine rings is 1. The topological polar surface area (TPSA) is 24.9 Å². The predicted octanol–water partition coefficient (Wildman–Crippen LogP) is 2.42. The average molecular weight is 169 g/mol. The number of anilines is 1. The summed E-state index contributed by atoms with van der Waals surface area (Å²) >= 11 is 5.86. The lowest BCUT2D eigenvalue weighted by Gasteiger charge is -2.04. The summed E-state index contributed by atoms with van der Waals surface area (Å²) in [6.07, 6.45) is 3.32. The number of aromatic nitrogens is 1. The fourth-order valence-electron chi connectivity index (χ4n) is 0.855. The average Bonchev–Trinajstić information content (AvgIpc) is 2.04. The van der Waals surface area contributed by atoms with Crippen LogP contribution in [-0.2, 0) is 0 Å². The van der Waals surface area contributed by atoms with E-state index in [9.17, 15) is 0 Å². The molecular formula is C8H9ClN2. The summed E-state index contributed by atoms with van der Waals surface area (Å²) in [5.74, 6) is 0. The van der Waals surface area contributed by atoms with Gasteiger partial charge in [0.05, 0.1) is 16.4 Å². The molecule has 0 fully saturated rings. The van der Waals surface area contributed by atoms with E-state index in [4.69, 9.17) is 11.6 Å². The molecule has 11 heavy (non-hydrogen) atoms. The zero-order valence-electron chi connectivity index (χ0n) is 6.26. The second-order valence-corrected chi connectivity index (χ2v) is 2.41. The zero-order valence-corrected chi connectivity index (χ0v) is 7.02. The maximum Gasteiger partial charge on any atom is 0.0870 e. The first kappa shape index (κ1) is 8.08. The van der Waals surface area contributed by atoms with E-state index in [0.29, 0.717) is 5.02 Å². The van der Waals surface area contributed by atoms with Crippen LogP contribution in [0, 0.1) is 0 Å². The first-order valence-corrected chi connectivity index (χ1v) is 3.62. The molecule has 0 aromatic carbocycles. The van der Waals surface area contributed by atoms with Crippen molar-refractivity contribution in [1.29, 1.82) is 0 Å². The molecule has 1 heterocycles. The van der Waals surface area contributed by atoms with Gasteiger partial charge in [-0.15, -0.1) is 0 Å². The van der Waals surface area contributed by atoms with Crippen LogP contribution in [0.1, 0.15) is 5.69 Å². The van der Waals surface area contributed by atoms with Gasteiger partial charge in [-0.05, 0) is 12.1 Å². The van der Waals surface area contributed by atoms with E-state index in [-0.39, 0.29) is 0 Å². The molecule has 0 aliphatic rings. The Morgan fingerprint density at radius 2 is 2.45 bits per heavy atom. The first-order chi connectivity index (χ1) is 5.29. The van der Waals surface area contributed by atoms with Crippen molar-refractivity contribution in [2.45, 2.75) is 0 Å². The lowest BCUT2D eigenvalue weighted by atomic mass is 10.3. The molecule has 0 amide bonds. The quantitative estimate of drug-likeness (QED) is 0.734. The monoisotopic (exact) mass is 168 g/mol. The Balaban J connectivity index is 3.23. The second-order valence-electron chi connectivity index (χ2n) is 2.01. The molecule has 0 bridgehead atoms. The van der Waals surface area contributed by atoms with E-state index in [1.165, 1.54) is 0 Å². The molecular weight excluding hydrogens is 160 g/mol. The highest BCUT2D eigenvalue weighted by Gasteiger charge is 2.01. The number of hydrogen-bond donors (Lipinski definition) is 1. The Bertz CT molecular complexity index is 271. The van der Waals surface area contributed by atoms with Gasteiger partial charge in [0.1, 0.15) is 0 Å². The zero-order chi connectivity index (χ0) is 8.27. The molecule has 1 aromatic heterocycles. The largest absolute Gasteiger partial charge is 0.385 e. The summed E-state index contributed by atoms with van der Waals surface area (Å²) in [5, 5.41) is 3.61. The first-order valence-electron chi connectivity index (χ1n) is 3.24. The Morgan fingerprint density at radius 3 is 2.91 bits per heavy atom. The summed E-state index contributed by atoms with van der Waals surface area (Å²) in [5.41, 5.74) is 1.60. The number of nitrogens with zero attached hydrogens (tertiary/aromatic N) is 1. The molecule has 58 valence electrons. The van der Waals surface area contributed by atoms with Gasteiger partial charge in [-0.3, -0.25) is 4.98 Å². The molecule has 0 atom stereocenters. The summed E-state index contributed by atoms with van der Waals surface area (Å²) in [4.78, 5) is 4.06. The second kappa shape index (κ2) is 3.39. The minimum atomic E-state index is 0.664. The van der Waals surface area contributed by atoms with Crippen molar-refractivity contribution in [3.8, 4) is 0 Å². The molecule has 0 spiro atoms. The lowest BCUT2D eigenvalue weighted by Crippen LogP contribution is -1.94. The van der Waals surface area contributed by atoms with Gasteiger partial charge in [0.2, 0.25) is 0 Å². The standard InChI is InChI=1S/C8H9ClN2/c1-3-7-8(10-2)6(9)4-5-11-7/h3-5,10H,1H2,2H3. The highest BCUT2D eigenvalue weighted by atomic mass is 35.5. The maximum absolute atomic E-state index is 5.86. The van der Waals surface area contributed by atoms with Crippen LogP contribution in [0.25, 0.3) is 6.08 Å². The molecule has 0 radical (unpaired) electrons. The lowest BCUT2D eigenvalue weighted by molar-refractivity contribution is 1.28. The van der Waals surface area contributed by atoms with Crippen LogP contribution in [-0.4, -0.2) is 12.0 Å². The van der Waals surface area contributed by atoms with Gasteiger partial charge in [0, 0.05) is 13.2 Å². The summed E-state index contributed by atoms with van der Waals surface area (Å²) in [6.45, 7) is 3.62. The summed E-state index contributed by atoms with van der Waals surface area (Å²) < 4.78 is 0. The van der Waals surface area contributed by atoms with E-state index in [1.807, 2.05) is 0 Å². The third-order valence-corrected chi connectivity index (χ3v) is 1.69. The van der Waals surface area contributed by atoms with Crippen LogP contribution in [0.15, 0.2) is 18.8 Å². The fourth-order valence-corrected chi connectivity index (χ4v) is 1.10. The van der Waals surface area contributed by atoms with Gasteiger partial charge < -0.3 is 5.32 Å². The van der Waals surface area contributed by atoms with Crippen molar-refractivity contribution in [3.05, 3.63) is 29.6 Å². The van der Waals surface area contributed by atoms with Crippen molar-refractivity contribution >= 4 is 23.4 Å². The number of hydrogen-bond acceptors (Lipinski definition) is 2. The molecule has 0 saturated carbocycles. The highest BCUT2D eigenvalue weighted by molar-refractivity contribution is 6.33. The highest BCUT2D eigenvalue weighted by Crippen LogP contribution is 2.23. The molecule has 3 heteroatoms. The summed E-state index contributed by atoms with van der Waals surface area (Å²) in [7, 11) is 1.80. The van der Waals surface area contributed by atoms with Crippen LogP contribution in [0.2, 0.25) is 5.02 Å².